The molecule has 0 aromatic carbocycles. The predicted molar refractivity (Wildman–Crippen MR) is 59.0 cm³/mol. The highest BCUT2D eigenvalue weighted by Gasteiger charge is 2.02. The van der Waals surface area contributed by atoms with E-state index in [9.17, 15) is 0 Å². The van der Waals surface area contributed by atoms with Crippen molar-refractivity contribution in [3.63, 3.8) is 0 Å². The summed E-state index contributed by atoms with van der Waals surface area (Å²) in [5, 5.41) is 4.68. The quantitative estimate of drug-likeness (QED) is 0.845. The van der Waals surface area contributed by atoms with Crippen LogP contribution in [-0.4, -0.2) is 14.8 Å². The molecule has 0 amide bonds. The van der Waals surface area contributed by atoms with Gasteiger partial charge >= 0.3 is 0 Å². The van der Waals surface area contributed by atoms with Gasteiger partial charge in [0.05, 0.1) is 28.8 Å². The van der Waals surface area contributed by atoms with Crippen LogP contribution >= 0.6 is 11.6 Å². The Morgan fingerprint density at radius 2 is 2.20 bits per heavy atom. The summed E-state index contributed by atoms with van der Waals surface area (Å²) < 4.78 is 1.67. The van der Waals surface area contributed by atoms with Crippen LogP contribution in [0.1, 0.15) is 18.7 Å². The lowest BCUT2D eigenvalue weighted by atomic mass is 10.2. The van der Waals surface area contributed by atoms with Gasteiger partial charge in [-0.2, -0.15) is 5.10 Å². The molecule has 0 aliphatic carbocycles. The predicted octanol–water partition coefficient (Wildman–Crippen LogP) is 1.94. The smallest absolute Gasteiger partial charge is 0.0829 e. The largest absolute Gasteiger partial charge is 0.323 e. The molecule has 15 heavy (non-hydrogen) atoms. The van der Waals surface area contributed by atoms with Crippen molar-refractivity contribution in [3.8, 4) is 5.69 Å². The fourth-order valence-electron chi connectivity index (χ4n) is 1.24. The molecule has 0 unspecified atom stereocenters. The summed E-state index contributed by atoms with van der Waals surface area (Å²) in [7, 11) is 0. The van der Waals surface area contributed by atoms with Crippen LogP contribution in [0.4, 0.5) is 0 Å². The number of hydrogen-bond donors (Lipinski definition) is 1. The molecule has 1 atom stereocenters. The Bertz CT molecular complexity index is 447. The summed E-state index contributed by atoms with van der Waals surface area (Å²) >= 11 is 5.77. The van der Waals surface area contributed by atoms with Gasteiger partial charge in [-0.05, 0) is 19.1 Å². The second-order valence-corrected chi connectivity index (χ2v) is 3.77. The lowest BCUT2D eigenvalue weighted by Crippen LogP contribution is -2.07. The lowest BCUT2D eigenvalue weighted by Gasteiger charge is -2.05. The van der Waals surface area contributed by atoms with Gasteiger partial charge in [0.2, 0.25) is 0 Å². The van der Waals surface area contributed by atoms with Gasteiger partial charge < -0.3 is 5.73 Å². The van der Waals surface area contributed by atoms with Crippen LogP contribution in [0.3, 0.4) is 0 Å². The maximum Gasteiger partial charge on any atom is 0.0829 e. The van der Waals surface area contributed by atoms with Crippen molar-refractivity contribution < 1.29 is 0 Å². The van der Waals surface area contributed by atoms with E-state index in [0.29, 0.717) is 5.02 Å². The van der Waals surface area contributed by atoms with Gasteiger partial charge in [0, 0.05) is 12.2 Å². The van der Waals surface area contributed by atoms with Crippen LogP contribution in [0, 0.1) is 0 Å². The minimum atomic E-state index is -0.0553. The number of pyridine rings is 1. The molecule has 2 rings (SSSR count). The summed E-state index contributed by atoms with van der Waals surface area (Å²) in [5.74, 6) is 0. The third-order valence-electron chi connectivity index (χ3n) is 2.05. The number of nitrogens with zero attached hydrogens (tertiary/aromatic N) is 3. The van der Waals surface area contributed by atoms with E-state index >= 15 is 0 Å². The Hall–Kier alpha value is -1.39. The highest BCUT2D eigenvalue weighted by atomic mass is 35.5. The second-order valence-electron chi connectivity index (χ2n) is 3.33. The van der Waals surface area contributed by atoms with Crippen molar-refractivity contribution in [2.24, 2.45) is 5.73 Å². The molecule has 2 aromatic rings. The van der Waals surface area contributed by atoms with Gasteiger partial charge in [-0.1, -0.05) is 11.6 Å². The molecule has 0 saturated carbocycles. The Morgan fingerprint density at radius 3 is 2.67 bits per heavy atom. The number of rotatable bonds is 2. The second kappa shape index (κ2) is 4.00. The number of hydrogen-bond acceptors (Lipinski definition) is 3. The summed E-state index contributed by atoms with van der Waals surface area (Å²) in [6.07, 6.45) is 5.03. The van der Waals surface area contributed by atoms with E-state index in [0.717, 1.165) is 11.4 Å². The highest BCUT2D eigenvalue weighted by molar-refractivity contribution is 6.30. The maximum absolute atomic E-state index is 5.77. The topological polar surface area (TPSA) is 56.7 Å². The molecule has 2 N–H and O–H groups in total. The minimum Gasteiger partial charge on any atom is -0.323 e. The molecule has 78 valence electrons. The van der Waals surface area contributed by atoms with Gasteiger partial charge in [0.1, 0.15) is 0 Å². The molecule has 4 nitrogen and oxygen atoms in total. The van der Waals surface area contributed by atoms with Crippen molar-refractivity contribution in [1.82, 2.24) is 14.8 Å². The third-order valence-corrected chi connectivity index (χ3v) is 2.25. The molecule has 0 fully saturated rings. The summed E-state index contributed by atoms with van der Waals surface area (Å²) in [4.78, 5) is 4.23. The van der Waals surface area contributed by atoms with Crippen LogP contribution in [0.15, 0.2) is 30.7 Å². The maximum atomic E-state index is 5.77. The molecule has 0 radical (unpaired) electrons. The molecule has 2 aromatic heterocycles. The van der Waals surface area contributed by atoms with E-state index in [1.54, 1.807) is 23.3 Å². The van der Waals surface area contributed by atoms with Crippen LogP contribution in [0.25, 0.3) is 5.69 Å². The Balaban J connectivity index is 2.31. The van der Waals surface area contributed by atoms with Crippen molar-refractivity contribution in [2.45, 2.75) is 13.0 Å². The Morgan fingerprint density at radius 1 is 1.40 bits per heavy atom. The first-order valence-electron chi connectivity index (χ1n) is 4.59. The minimum absolute atomic E-state index is 0.0553. The van der Waals surface area contributed by atoms with Crippen molar-refractivity contribution in [2.75, 3.05) is 0 Å². The highest BCUT2D eigenvalue weighted by Crippen LogP contribution is 2.12. The molecule has 0 aliphatic rings. The monoisotopic (exact) mass is 222 g/mol. The molecule has 0 aliphatic heterocycles. The van der Waals surface area contributed by atoms with Gasteiger partial charge in [0.15, 0.2) is 0 Å². The molecular formula is C10H11ClN4. The fraction of sp³-hybridized carbons (Fsp3) is 0.200. The first kappa shape index (κ1) is 10.1. The van der Waals surface area contributed by atoms with Gasteiger partial charge in [-0.25, -0.2) is 4.68 Å². The zero-order valence-electron chi connectivity index (χ0n) is 8.26. The van der Waals surface area contributed by atoms with Crippen molar-refractivity contribution in [3.05, 3.63) is 41.4 Å². The van der Waals surface area contributed by atoms with Gasteiger partial charge in [-0.15, -0.1) is 0 Å². The standard InChI is InChI=1S/C10H11ClN4/c1-7(12)10-3-2-9(5-13-10)15-6-8(11)4-14-15/h2-7H,12H2,1H3/t7-/m0/s1. The third kappa shape index (κ3) is 2.16. The molecule has 0 bridgehead atoms. The average molecular weight is 223 g/mol. The van der Waals surface area contributed by atoms with E-state index in [2.05, 4.69) is 10.1 Å². The fourth-order valence-corrected chi connectivity index (χ4v) is 1.38. The van der Waals surface area contributed by atoms with Crippen molar-refractivity contribution >= 4 is 11.6 Å². The summed E-state index contributed by atoms with van der Waals surface area (Å²) in [6.45, 7) is 1.90. The van der Waals surface area contributed by atoms with E-state index in [1.165, 1.54) is 0 Å². The SMILES string of the molecule is C[C@H](N)c1ccc(-n2cc(Cl)cn2)cn1. The average Bonchev–Trinajstić information content (AvgIpc) is 2.65. The van der Waals surface area contributed by atoms with Crippen LogP contribution < -0.4 is 5.73 Å². The number of aromatic nitrogens is 3. The molecule has 0 saturated heterocycles. The molecule has 2 heterocycles. The zero-order valence-corrected chi connectivity index (χ0v) is 9.02. The molecule has 5 heteroatoms. The summed E-state index contributed by atoms with van der Waals surface area (Å²) in [5.41, 5.74) is 7.43. The van der Waals surface area contributed by atoms with E-state index in [1.807, 2.05) is 19.1 Å². The van der Waals surface area contributed by atoms with Crippen LogP contribution in [-0.2, 0) is 0 Å². The Labute approximate surface area is 92.7 Å². The normalized spacial score (nSPS) is 12.7. The van der Waals surface area contributed by atoms with Gasteiger partial charge in [-0.3, -0.25) is 4.98 Å². The Kier molecular flexibility index (Phi) is 2.70. The molecular weight excluding hydrogens is 212 g/mol. The van der Waals surface area contributed by atoms with E-state index in [4.69, 9.17) is 17.3 Å². The van der Waals surface area contributed by atoms with Gasteiger partial charge in [0.25, 0.3) is 0 Å². The van der Waals surface area contributed by atoms with Crippen LogP contribution in [0.2, 0.25) is 5.02 Å². The first-order valence-corrected chi connectivity index (χ1v) is 4.96. The molecule has 0 spiro atoms. The van der Waals surface area contributed by atoms with E-state index < -0.39 is 0 Å². The zero-order chi connectivity index (χ0) is 10.8. The van der Waals surface area contributed by atoms with Crippen molar-refractivity contribution in [1.29, 1.82) is 0 Å². The number of halogens is 1. The van der Waals surface area contributed by atoms with Crippen LogP contribution in [0.5, 0.6) is 0 Å². The summed E-state index contributed by atoms with van der Waals surface area (Å²) in [6, 6.07) is 3.74. The first-order chi connectivity index (χ1) is 7.16. The van der Waals surface area contributed by atoms with E-state index in [-0.39, 0.29) is 6.04 Å². The lowest BCUT2D eigenvalue weighted by molar-refractivity contribution is 0.775. The number of nitrogens with two attached hydrogens (primary N) is 1.